The van der Waals surface area contributed by atoms with Crippen LogP contribution in [0.1, 0.15) is 5.56 Å². The number of nitrogen functional groups attached to an aromatic ring is 1. The van der Waals surface area contributed by atoms with E-state index in [0.29, 0.717) is 40.9 Å². The molecule has 1 aromatic carbocycles. The Morgan fingerprint density at radius 1 is 1.00 bits per heavy atom. The topological polar surface area (TPSA) is 151 Å². The molecule has 0 saturated heterocycles. The van der Waals surface area contributed by atoms with Gasteiger partial charge >= 0.3 is 6.18 Å². The van der Waals surface area contributed by atoms with Gasteiger partial charge in [-0.3, -0.25) is 0 Å². The minimum absolute atomic E-state index is 0.119. The van der Waals surface area contributed by atoms with Crippen molar-refractivity contribution in [2.24, 2.45) is 0 Å². The SMILES string of the molecule is Nc1nc(NCCc2ccc(-c3nnn(CC(F)(F)F)n3)cc2)nc2nc(-c3ccco3)nn12. The predicted molar refractivity (Wildman–Crippen MR) is 112 cm³/mol. The van der Waals surface area contributed by atoms with Crippen molar-refractivity contribution < 1.29 is 17.6 Å². The van der Waals surface area contributed by atoms with Crippen molar-refractivity contribution in [3.05, 3.63) is 48.2 Å². The van der Waals surface area contributed by atoms with Crippen molar-refractivity contribution in [3.8, 4) is 23.0 Å². The van der Waals surface area contributed by atoms with E-state index < -0.39 is 12.7 Å². The fourth-order valence-electron chi connectivity index (χ4n) is 3.12. The Bertz CT molecular complexity index is 1410. The van der Waals surface area contributed by atoms with Crippen LogP contribution in [0.4, 0.5) is 25.1 Å². The molecule has 12 nitrogen and oxygen atoms in total. The number of nitrogens with one attached hydrogen (secondary N) is 1. The van der Waals surface area contributed by atoms with Crippen molar-refractivity contribution in [1.82, 2.24) is 44.8 Å². The highest BCUT2D eigenvalue weighted by atomic mass is 19.4. The van der Waals surface area contributed by atoms with Crippen molar-refractivity contribution in [2.75, 3.05) is 17.6 Å². The highest BCUT2D eigenvalue weighted by molar-refractivity contribution is 5.54. The number of fused-ring (bicyclic) bond motifs is 1. The van der Waals surface area contributed by atoms with E-state index in [-0.39, 0.29) is 17.6 Å². The number of nitrogens with zero attached hydrogens (tertiary/aromatic N) is 9. The molecule has 0 fully saturated rings. The standard InChI is InChI=1S/C19H16F3N11O/c20-19(21,22)10-32-29-14(28-31-32)12-5-3-11(4-6-12)7-8-24-17-26-16(23)33-18(27-17)25-15(30-33)13-2-1-9-34-13/h1-6,9H,7-8,10H2,(H3,23,24,25,26,27,30). The first-order valence-corrected chi connectivity index (χ1v) is 9.96. The van der Waals surface area contributed by atoms with Gasteiger partial charge in [0, 0.05) is 12.1 Å². The third kappa shape index (κ3) is 4.62. The third-order valence-electron chi connectivity index (χ3n) is 4.66. The fraction of sp³-hybridized carbons (Fsp3) is 0.211. The smallest absolute Gasteiger partial charge is 0.409 e. The molecule has 0 aliphatic carbocycles. The largest absolute Gasteiger partial charge is 0.461 e. The zero-order valence-corrected chi connectivity index (χ0v) is 17.3. The monoisotopic (exact) mass is 471 g/mol. The van der Waals surface area contributed by atoms with Crippen LogP contribution in [0.5, 0.6) is 0 Å². The van der Waals surface area contributed by atoms with E-state index in [2.05, 4.69) is 40.8 Å². The van der Waals surface area contributed by atoms with E-state index in [1.807, 2.05) is 12.1 Å². The van der Waals surface area contributed by atoms with Gasteiger partial charge < -0.3 is 15.5 Å². The molecule has 34 heavy (non-hydrogen) atoms. The molecule has 15 heteroatoms. The second-order valence-electron chi connectivity index (χ2n) is 7.16. The summed E-state index contributed by atoms with van der Waals surface area (Å²) in [5.74, 6) is 1.64. The first kappa shape index (κ1) is 21.3. The summed E-state index contributed by atoms with van der Waals surface area (Å²) >= 11 is 0. The number of anilines is 2. The van der Waals surface area contributed by atoms with Crippen LogP contribution in [0.2, 0.25) is 0 Å². The van der Waals surface area contributed by atoms with Crippen LogP contribution in [0.15, 0.2) is 47.1 Å². The molecule has 4 heterocycles. The average molecular weight is 471 g/mol. The fourth-order valence-corrected chi connectivity index (χ4v) is 3.12. The normalized spacial score (nSPS) is 11.9. The summed E-state index contributed by atoms with van der Waals surface area (Å²) in [5.41, 5.74) is 7.50. The van der Waals surface area contributed by atoms with Gasteiger partial charge in [0.25, 0.3) is 5.78 Å². The lowest BCUT2D eigenvalue weighted by Crippen LogP contribution is -2.19. The molecular formula is C19H16F3N11O. The summed E-state index contributed by atoms with van der Waals surface area (Å²) < 4.78 is 43.9. The molecule has 0 bridgehead atoms. The summed E-state index contributed by atoms with van der Waals surface area (Å²) in [6.45, 7) is -0.796. The molecule has 5 aromatic rings. The van der Waals surface area contributed by atoms with Crippen LogP contribution >= 0.6 is 0 Å². The number of aromatic nitrogens is 9. The number of hydrogen-bond donors (Lipinski definition) is 2. The van der Waals surface area contributed by atoms with Gasteiger partial charge in [-0.2, -0.15) is 37.4 Å². The molecule has 4 aromatic heterocycles. The summed E-state index contributed by atoms with van der Waals surface area (Å²) in [4.78, 5) is 13.3. The molecule has 5 rings (SSSR count). The van der Waals surface area contributed by atoms with Gasteiger partial charge in [-0.15, -0.1) is 15.3 Å². The first-order valence-electron chi connectivity index (χ1n) is 9.96. The Labute approximate surface area is 188 Å². The number of tetrazole rings is 1. The Hall–Kier alpha value is -4.56. The predicted octanol–water partition coefficient (Wildman–Crippen LogP) is 2.23. The van der Waals surface area contributed by atoms with E-state index in [1.54, 1.807) is 24.3 Å². The Morgan fingerprint density at radius 3 is 2.56 bits per heavy atom. The number of furan rings is 1. The quantitative estimate of drug-likeness (QED) is 0.362. The minimum atomic E-state index is -4.41. The van der Waals surface area contributed by atoms with E-state index in [4.69, 9.17) is 10.2 Å². The Morgan fingerprint density at radius 2 is 1.82 bits per heavy atom. The second-order valence-corrected chi connectivity index (χ2v) is 7.16. The summed E-state index contributed by atoms with van der Waals surface area (Å²) in [7, 11) is 0. The van der Waals surface area contributed by atoms with Gasteiger partial charge in [-0.25, -0.2) is 0 Å². The van der Waals surface area contributed by atoms with Crippen LogP contribution in [-0.2, 0) is 13.0 Å². The van der Waals surface area contributed by atoms with Crippen LogP contribution in [0, 0.1) is 0 Å². The number of benzene rings is 1. The second kappa shape index (κ2) is 8.42. The van der Waals surface area contributed by atoms with E-state index >= 15 is 0 Å². The molecule has 174 valence electrons. The maximum Gasteiger partial charge on any atom is 0.409 e. The van der Waals surface area contributed by atoms with Crippen LogP contribution in [0.25, 0.3) is 28.8 Å². The molecule has 0 amide bonds. The van der Waals surface area contributed by atoms with E-state index in [0.717, 1.165) is 5.56 Å². The van der Waals surface area contributed by atoms with Gasteiger partial charge in [0.05, 0.1) is 6.26 Å². The van der Waals surface area contributed by atoms with Gasteiger partial charge in [0.15, 0.2) is 12.3 Å². The summed E-state index contributed by atoms with van der Waals surface area (Å²) in [5, 5.41) is 18.2. The van der Waals surface area contributed by atoms with Gasteiger partial charge in [-0.1, -0.05) is 24.3 Å². The molecule has 0 unspecified atom stereocenters. The van der Waals surface area contributed by atoms with Crippen LogP contribution < -0.4 is 11.1 Å². The number of rotatable bonds is 7. The highest BCUT2D eigenvalue weighted by Crippen LogP contribution is 2.19. The number of nitrogens with two attached hydrogens (primary N) is 1. The van der Waals surface area contributed by atoms with Crippen molar-refractivity contribution in [1.29, 1.82) is 0 Å². The minimum Gasteiger partial charge on any atom is -0.461 e. The van der Waals surface area contributed by atoms with Crippen molar-refractivity contribution in [2.45, 2.75) is 19.1 Å². The van der Waals surface area contributed by atoms with E-state index in [1.165, 1.54) is 10.8 Å². The Balaban J connectivity index is 1.21. The molecule has 0 saturated carbocycles. The van der Waals surface area contributed by atoms with Crippen molar-refractivity contribution in [3.63, 3.8) is 0 Å². The number of hydrogen-bond acceptors (Lipinski definition) is 10. The maximum absolute atomic E-state index is 12.4. The lowest BCUT2D eigenvalue weighted by molar-refractivity contribution is -0.145. The maximum atomic E-state index is 12.4. The molecule has 0 spiro atoms. The van der Waals surface area contributed by atoms with E-state index in [9.17, 15) is 13.2 Å². The lowest BCUT2D eigenvalue weighted by Gasteiger charge is -2.06. The van der Waals surface area contributed by atoms with Gasteiger partial charge in [-0.05, 0) is 29.3 Å². The molecule has 0 atom stereocenters. The Kier molecular flexibility index (Phi) is 5.27. The molecule has 3 N–H and O–H groups in total. The zero-order chi connectivity index (χ0) is 23.7. The third-order valence-corrected chi connectivity index (χ3v) is 4.66. The number of halogens is 3. The van der Waals surface area contributed by atoms with Gasteiger partial charge in [0.1, 0.15) is 0 Å². The molecular weight excluding hydrogens is 455 g/mol. The molecule has 0 aliphatic rings. The average Bonchev–Trinajstić information content (AvgIpc) is 3.54. The van der Waals surface area contributed by atoms with Crippen LogP contribution in [0.3, 0.4) is 0 Å². The lowest BCUT2D eigenvalue weighted by atomic mass is 10.1. The summed E-state index contributed by atoms with van der Waals surface area (Å²) in [6, 6.07) is 10.5. The zero-order valence-electron chi connectivity index (χ0n) is 17.3. The number of alkyl halides is 3. The summed E-state index contributed by atoms with van der Waals surface area (Å²) in [6.07, 6.45) is -2.28. The molecule has 0 radical (unpaired) electrons. The highest BCUT2D eigenvalue weighted by Gasteiger charge is 2.29. The first-order chi connectivity index (χ1) is 16.3. The molecule has 0 aliphatic heterocycles. The van der Waals surface area contributed by atoms with Crippen molar-refractivity contribution >= 4 is 17.7 Å². The van der Waals surface area contributed by atoms with Crippen LogP contribution in [-0.4, -0.2) is 57.5 Å². The van der Waals surface area contributed by atoms with Gasteiger partial charge in [0.2, 0.25) is 23.5 Å².